The molecular weight excluding hydrogens is 237 g/mol. The minimum Gasteiger partial charge on any atom is -0.207 e. The molecule has 0 saturated heterocycles. The van der Waals surface area contributed by atoms with Crippen molar-refractivity contribution in [3.63, 3.8) is 0 Å². The fraction of sp³-hybridized carbons (Fsp3) is 0.200. The van der Waals surface area contributed by atoms with Gasteiger partial charge in [-0.25, -0.2) is 13.2 Å². The van der Waals surface area contributed by atoms with Crippen molar-refractivity contribution in [1.82, 2.24) is 10.2 Å². The summed E-state index contributed by atoms with van der Waals surface area (Å²) in [5.41, 5.74) is 0.0788. The Bertz CT molecular complexity index is 525. The van der Waals surface area contributed by atoms with Gasteiger partial charge in [0.05, 0.1) is 0 Å². The molecule has 0 N–H and O–H groups in total. The van der Waals surface area contributed by atoms with Crippen molar-refractivity contribution >= 4 is 11.3 Å². The molecule has 0 radical (unpaired) electrons. The van der Waals surface area contributed by atoms with Crippen molar-refractivity contribution in [3.8, 4) is 0 Å². The Kier molecular flexibility index (Phi) is 2.91. The van der Waals surface area contributed by atoms with Crippen molar-refractivity contribution < 1.29 is 13.2 Å². The van der Waals surface area contributed by atoms with Crippen LogP contribution in [0.15, 0.2) is 12.1 Å². The summed E-state index contributed by atoms with van der Waals surface area (Å²) >= 11 is 1.30. The van der Waals surface area contributed by atoms with E-state index in [-0.39, 0.29) is 12.0 Å². The van der Waals surface area contributed by atoms with Crippen LogP contribution in [0, 0.1) is 24.4 Å². The zero-order valence-electron chi connectivity index (χ0n) is 8.30. The van der Waals surface area contributed by atoms with Gasteiger partial charge in [-0.2, -0.15) is 0 Å². The summed E-state index contributed by atoms with van der Waals surface area (Å²) in [6.07, 6.45) is 0.120. The number of aryl methyl sites for hydroxylation is 1. The molecule has 2 aromatic rings. The molecule has 0 spiro atoms. The molecule has 1 aromatic carbocycles. The van der Waals surface area contributed by atoms with E-state index in [9.17, 15) is 13.2 Å². The number of hydrogen-bond donors (Lipinski definition) is 0. The minimum absolute atomic E-state index is 0.0788. The largest absolute Gasteiger partial charge is 0.207 e. The Balaban J connectivity index is 2.31. The third-order valence-electron chi connectivity index (χ3n) is 2.00. The molecule has 0 amide bonds. The van der Waals surface area contributed by atoms with E-state index in [2.05, 4.69) is 10.2 Å². The molecule has 0 aliphatic carbocycles. The Morgan fingerprint density at radius 2 is 1.75 bits per heavy atom. The van der Waals surface area contributed by atoms with Crippen LogP contribution in [0.25, 0.3) is 0 Å². The smallest absolute Gasteiger partial charge is 0.161 e. The molecule has 2 nitrogen and oxygen atoms in total. The van der Waals surface area contributed by atoms with E-state index in [0.29, 0.717) is 11.1 Å². The van der Waals surface area contributed by atoms with Crippen molar-refractivity contribution in [3.05, 3.63) is 45.2 Å². The van der Waals surface area contributed by atoms with Crippen LogP contribution in [0.2, 0.25) is 0 Å². The van der Waals surface area contributed by atoms with Crippen molar-refractivity contribution in [2.24, 2.45) is 0 Å². The number of hydrogen-bond acceptors (Lipinski definition) is 3. The van der Waals surface area contributed by atoms with Crippen LogP contribution in [0.3, 0.4) is 0 Å². The maximum absolute atomic E-state index is 13.3. The number of aromatic nitrogens is 2. The zero-order chi connectivity index (χ0) is 11.7. The van der Waals surface area contributed by atoms with Crippen molar-refractivity contribution in [2.75, 3.05) is 0 Å². The van der Waals surface area contributed by atoms with Crippen LogP contribution in [0.1, 0.15) is 15.6 Å². The molecule has 84 valence electrons. The zero-order valence-corrected chi connectivity index (χ0v) is 9.11. The van der Waals surface area contributed by atoms with Crippen LogP contribution in [0.5, 0.6) is 0 Å². The molecule has 0 bridgehead atoms. The highest BCUT2D eigenvalue weighted by Crippen LogP contribution is 2.19. The lowest BCUT2D eigenvalue weighted by molar-refractivity contribution is 0.491. The van der Waals surface area contributed by atoms with E-state index in [1.165, 1.54) is 11.3 Å². The summed E-state index contributed by atoms with van der Waals surface area (Å²) in [4.78, 5) is 0. The molecule has 0 atom stereocenters. The predicted octanol–water partition coefficient (Wildman–Crippen LogP) is 2.85. The summed E-state index contributed by atoms with van der Waals surface area (Å²) < 4.78 is 38.8. The first-order valence-electron chi connectivity index (χ1n) is 4.48. The summed E-state index contributed by atoms with van der Waals surface area (Å²) in [7, 11) is 0. The maximum atomic E-state index is 13.3. The Labute approximate surface area is 93.8 Å². The van der Waals surface area contributed by atoms with Gasteiger partial charge in [-0.05, 0) is 18.6 Å². The van der Waals surface area contributed by atoms with Gasteiger partial charge in [-0.3, -0.25) is 0 Å². The first-order chi connectivity index (χ1) is 7.56. The SMILES string of the molecule is Cc1nnc(Cc2cc(F)c(F)cc2F)s1. The van der Waals surface area contributed by atoms with Gasteiger partial charge >= 0.3 is 0 Å². The average Bonchev–Trinajstić information content (AvgIpc) is 2.60. The predicted molar refractivity (Wildman–Crippen MR) is 53.8 cm³/mol. The standard InChI is InChI=1S/C10H7F3N2S/c1-5-14-15-10(16-5)3-6-2-8(12)9(13)4-7(6)11/h2,4H,3H2,1H3. The molecule has 0 saturated carbocycles. The lowest BCUT2D eigenvalue weighted by Crippen LogP contribution is -1.96. The molecule has 0 aliphatic rings. The highest BCUT2D eigenvalue weighted by Gasteiger charge is 2.12. The van der Waals surface area contributed by atoms with Gasteiger partial charge in [0, 0.05) is 12.5 Å². The highest BCUT2D eigenvalue weighted by molar-refractivity contribution is 7.11. The van der Waals surface area contributed by atoms with Crippen LogP contribution in [-0.2, 0) is 6.42 Å². The lowest BCUT2D eigenvalue weighted by Gasteiger charge is -2.01. The quantitative estimate of drug-likeness (QED) is 0.759. The summed E-state index contributed by atoms with van der Waals surface area (Å²) in [6, 6.07) is 1.39. The minimum atomic E-state index is -1.19. The van der Waals surface area contributed by atoms with E-state index < -0.39 is 17.5 Å². The third kappa shape index (κ3) is 2.21. The molecule has 0 aliphatic heterocycles. The van der Waals surface area contributed by atoms with Gasteiger partial charge in [0.25, 0.3) is 0 Å². The highest BCUT2D eigenvalue weighted by atomic mass is 32.1. The number of halogens is 3. The van der Waals surface area contributed by atoms with Crippen LogP contribution in [-0.4, -0.2) is 10.2 Å². The molecule has 16 heavy (non-hydrogen) atoms. The fourth-order valence-corrected chi connectivity index (χ4v) is 2.00. The third-order valence-corrected chi connectivity index (χ3v) is 2.84. The fourth-order valence-electron chi connectivity index (χ4n) is 1.27. The van der Waals surface area contributed by atoms with E-state index >= 15 is 0 Å². The summed E-state index contributed by atoms with van der Waals surface area (Å²) in [6.45, 7) is 1.77. The molecule has 6 heteroatoms. The molecular formula is C10H7F3N2S. The van der Waals surface area contributed by atoms with E-state index in [0.717, 1.165) is 11.1 Å². The second kappa shape index (κ2) is 4.21. The van der Waals surface area contributed by atoms with Crippen LogP contribution >= 0.6 is 11.3 Å². The second-order valence-corrected chi connectivity index (χ2v) is 4.52. The van der Waals surface area contributed by atoms with E-state index in [1.807, 2.05) is 0 Å². The van der Waals surface area contributed by atoms with Crippen LogP contribution in [0.4, 0.5) is 13.2 Å². The molecule has 0 fully saturated rings. The summed E-state index contributed by atoms with van der Waals surface area (Å²) in [5.74, 6) is -3.01. The van der Waals surface area contributed by atoms with E-state index in [4.69, 9.17) is 0 Å². The van der Waals surface area contributed by atoms with Crippen molar-refractivity contribution in [2.45, 2.75) is 13.3 Å². The van der Waals surface area contributed by atoms with Gasteiger partial charge in [-0.15, -0.1) is 21.5 Å². The van der Waals surface area contributed by atoms with E-state index in [1.54, 1.807) is 6.92 Å². The topological polar surface area (TPSA) is 25.8 Å². The number of benzene rings is 1. The summed E-state index contributed by atoms with van der Waals surface area (Å²) in [5, 5.41) is 8.87. The number of rotatable bonds is 2. The lowest BCUT2D eigenvalue weighted by atomic mass is 10.1. The Morgan fingerprint density at radius 1 is 1.06 bits per heavy atom. The second-order valence-electron chi connectivity index (χ2n) is 3.25. The Hall–Kier alpha value is -1.43. The molecule has 1 aromatic heterocycles. The molecule has 1 heterocycles. The first kappa shape index (κ1) is 11.1. The molecule has 2 rings (SSSR count). The van der Waals surface area contributed by atoms with Gasteiger partial charge in [0.2, 0.25) is 0 Å². The van der Waals surface area contributed by atoms with Gasteiger partial charge < -0.3 is 0 Å². The van der Waals surface area contributed by atoms with Gasteiger partial charge in [0.1, 0.15) is 15.8 Å². The van der Waals surface area contributed by atoms with Crippen molar-refractivity contribution in [1.29, 1.82) is 0 Å². The first-order valence-corrected chi connectivity index (χ1v) is 5.30. The maximum Gasteiger partial charge on any atom is 0.161 e. The number of nitrogens with zero attached hydrogens (tertiary/aromatic N) is 2. The average molecular weight is 244 g/mol. The molecule has 0 unspecified atom stereocenters. The normalized spacial score (nSPS) is 10.8. The Morgan fingerprint density at radius 3 is 2.38 bits per heavy atom. The van der Waals surface area contributed by atoms with Gasteiger partial charge in [0.15, 0.2) is 11.6 Å². The monoisotopic (exact) mass is 244 g/mol. The van der Waals surface area contributed by atoms with Crippen LogP contribution < -0.4 is 0 Å². The van der Waals surface area contributed by atoms with Gasteiger partial charge in [-0.1, -0.05) is 0 Å².